The molecule has 4 heteroatoms. The van der Waals surface area contributed by atoms with Gasteiger partial charge in [-0.15, -0.1) is 11.3 Å². The van der Waals surface area contributed by atoms with Gasteiger partial charge in [-0.05, 0) is 38.8 Å². The van der Waals surface area contributed by atoms with Crippen LogP contribution in [0.1, 0.15) is 24.5 Å². The first-order chi connectivity index (χ1) is 9.61. The molecule has 20 heavy (non-hydrogen) atoms. The van der Waals surface area contributed by atoms with E-state index in [2.05, 4.69) is 49.7 Å². The highest BCUT2D eigenvalue weighted by Crippen LogP contribution is 2.29. The number of nitrogens with one attached hydrogen (secondary N) is 1. The number of thiazole rings is 1. The minimum absolute atomic E-state index is 0.353. The Balaban J connectivity index is 1.78. The summed E-state index contributed by atoms with van der Waals surface area (Å²) in [6.07, 6.45) is 1.41. The Kier molecular flexibility index (Phi) is 3.76. The van der Waals surface area contributed by atoms with Crippen LogP contribution < -0.4 is 5.32 Å². The number of anilines is 1. The smallest absolute Gasteiger partial charge is 0.183 e. The van der Waals surface area contributed by atoms with Gasteiger partial charge in [-0.3, -0.25) is 0 Å². The van der Waals surface area contributed by atoms with E-state index in [4.69, 9.17) is 9.72 Å². The Morgan fingerprint density at radius 1 is 1.35 bits per heavy atom. The van der Waals surface area contributed by atoms with Gasteiger partial charge in [0.1, 0.15) is 0 Å². The highest BCUT2D eigenvalue weighted by atomic mass is 32.1. The maximum absolute atomic E-state index is 5.58. The zero-order valence-electron chi connectivity index (χ0n) is 12.1. The number of benzene rings is 1. The van der Waals surface area contributed by atoms with E-state index in [1.54, 1.807) is 11.3 Å². The van der Waals surface area contributed by atoms with E-state index >= 15 is 0 Å². The summed E-state index contributed by atoms with van der Waals surface area (Å²) in [5, 5.41) is 6.60. The number of aromatic nitrogens is 1. The van der Waals surface area contributed by atoms with E-state index < -0.39 is 0 Å². The van der Waals surface area contributed by atoms with Gasteiger partial charge in [0.2, 0.25) is 0 Å². The first-order valence-electron chi connectivity index (χ1n) is 7.03. The molecule has 1 saturated heterocycles. The third kappa shape index (κ3) is 2.86. The molecule has 1 aromatic heterocycles. The number of aryl methyl sites for hydroxylation is 2. The summed E-state index contributed by atoms with van der Waals surface area (Å²) >= 11 is 1.67. The minimum atomic E-state index is 0.353. The fourth-order valence-corrected chi connectivity index (χ4v) is 3.36. The van der Waals surface area contributed by atoms with Gasteiger partial charge in [-0.2, -0.15) is 0 Å². The first kappa shape index (κ1) is 13.6. The molecule has 1 aromatic carbocycles. The van der Waals surface area contributed by atoms with Crippen molar-refractivity contribution in [2.75, 3.05) is 11.9 Å². The van der Waals surface area contributed by atoms with Gasteiger partial charge in [0.05, 0.1) is 24.4 Å². The summed E-state index contributed by atoms with van der Waals surface area (Å²) < 4.78 is 5.58. The Labute approximate surface area is 124 Å². The molecule has 1 aliphatic heterocycles. The molecule has 0 aliphatic carbocycles. The van der Waals surface area contributed by atoms with E-state index in [1.165, 1.54) is 16.7 Å². The van der Waals surface area contributed by atoms with Gasteiger partial charge >= 0.3 is 0 Å². The molecule has 0 spiro atoms. The molecule has 1 N–H and O–H groups in total. The lowest BCUT2D eigenvalue weighted by Crippen LogP contribution is -2.19. The van der Waals surface area contributed by atoms with Crippen LogP contribution in [0.5, 0.6) is 0 Å². The van der Waals surface area contributed by atoms with Crippen molar-refractivity contribution < 1.29 is 4.74 Å². The van der Waals surface area contributed by atoms with E-state index in [9.17, 15) is 0 Å². The average molecular weight is 288 g/mol. The van der Waals surface area contributed by atoms with Crippen molar-refractivity contribution in [3.63, 3.8) is 0 Å². The van der Waals surface area contributed by atoms with Gasteiger partial charge in [-0.25, -0.2) is 4.98 Å². The summed E-state index contributed by atoms with van der Waals surface area (Å²) in [5.74, 6) is 0. The topological polar surface area (TPSA) is 34.1 Å². The van der Waals surface area contributed by atoms with Crippen molar-refractivity contribution >= 4 is 16.5 Å². The van der Waals surface area contributed by atoms with Crippen LogP contribution in [0.25, 0.3) is 11.3 Å². The SMILES string of the molecule is Cc1ccc(C)c(-c2csc(NC3COC(C)C3)n2)c1. The van der Waals surface area contributed by atoms with Gasteiger partial charge in [0, 0.05) is 10.9 Å². The number of rotatable bonds is 3. The number of hydrogen-bond donors (Lipinski definition) is 1. The van der Waals surface area contributed by atoms with Gasteiger partial charge in [0.15, 0.2) is 5.13 Å². The molecular formula is C16H20N2OS. The molecule has 0 radical (unpaired) electrons. The fraction of sp³-hybridized carbons (Fsp3) is 0.438. The molecule has 3 nitrogen and oxygen atoms in total. The van der Waals surface area contributed by atoms with Crippen LogP contribution in [0, 0.1) is 13.8 Å². The molecule has 3 rings (SSSR count). The highest BCUT2D eigenvalue weighted by molar-refractivity contribution is 7.14. The van der Waals surface area contributed by atoms with Crippen LogP contribution in [0.4, 0.5) is 5.13 Å². The molecular weight excluding hydrogens is 268 g/mol. The summed E-state index contributed by atoms with van der Waals surface area (Å²) in [6.45, 7) is 7.14. The molecule has 0 bridgehead atoms. The van der Waals surface area contributed by atoms with Crippen molar-refractivity contribution in [2.45, 2.75) is 39.3 Å². The lowest BCUT2D eigenvalue weighted by molar-refractivity contribution is 0.124. The molecule has 2 atom stereocenters. The normalized spacial score (nSPS) is 22.1. The van der Waals surface area contributed by atoms with Crippen molar-refractivity contribution in [3.05, 3.63) is 34.7 Å². The van der Waals surface area contributed by atoms with Crippen molar-refractivity contribution in [1.82, 2.24) is 4.98 Å². The Hall–Kier alpha value is -1.39. The van der Waals surface area contributed by atoms with Gasteiger partial charge in [0.25, 0.3) is 0 Å². The van der Waals surface area contributed by atoms with Crippen LogP contribution in [0.2, 0.25) is 0 Å². The fourth-order valence-electron chi connectivity index (χ4n) is 2.57. The second-order valence-corrected chi connectivity index (χ2v) is 6.44. The van der Waals surface area contributed by atoms with E-state index in [0.717, 1.165) is 23.9 Å². The molecule has 106 valence electrons. The molecule has 2 unspecified atom stereocenters. The average Bonchev–Trinajstić information content (AvgIpc) is 3.02. The largest absolute Gasteiger partial charge is 0.376 e. The highest BCUT2D eigenvalue weighted by Gasteiger charge is 2.22. The first-order valence-corrected chi connectivity index (χ1v) is 7.91. The van der Waals surface area contributed by atoms with Crippen molar-refractivity contribution in [3.8, 4) is 11.3 Å². The number of hydrogen-bond acceptors (Lipinski definition) is 4. The molecule has 2 aromatic rings. The minimum Gasteiger partial charge on any atom is -0.376 e. The molecule has 0 amide bonds. The summed E-state index contributed by atoms with van der Waals surface area (Å²) in [4.78, 5) is 4.72. The summed E-state index contributed by atoms with van der Waals surface area (Å²) in [5.41, 5.74) is 4.83. The van der Waals surface area contributed by atoms with Crippen LogP contribution >= 0.6 is 11.3 Å². The van der Waals surface area contributed by atoms with E-state index in [1.807, 2.05) is 0 Å². The zero-order valence-corrected chi connectivity index (χ0v) is 13.0. The second kappa shape index (κ2) is 5.54. The Bertz CT molecular complexity index is 608. The number of ether oxygens (including phenoxy) is 1. The lowest BCUT2D eigenvalue weighted by atomic mass is 10.0. The van der Waals surface area contributed by atoms with Crippen LogP contribution in [-0.2, 0) is 4.74 Å². The third-order valence-electron chi connectivity index (χ3n) is 3.70. The number of nitrogens with zero attached hydrogens (tertiary/aromatic N) is 1. The molecule has 2 heterocycles. The molecule has 1 aliphatic rings. The summed E-state index contributed by atoms with van der Waals surface area (Å²) in [6, 6.07) is 6.89. The van der Waals surface area contributed by atoms with E-state index in [-0.39, 0.29) is 0 Å². The van der Waals surface area contributed by atoms with Gasteiger partial charge < -0.3 is 10.1 Å². The maximum atomic E-state index is 5.58. The Morgan fingerprint density at radius 3 is 2.95 bits per heavy atom. The summed E-state index contributed by atoms with van der Waals surface area (Å²) in [7, 11) is 0. The standard InChI is InChI=1S/C16H20N2OS/c1-10-4-5-11(2)14(6-10)15-9-20-16(18-15)17-13-7-12(3)19-8-13/h4-6,9,12-13H,7-8H2,1-3H3,(H,17,18). The predicted octanol–water partition coefficient (Wildman–Crippen LogP) is 4.02. The van der Waals surface area contributed by atoms with Gasteiger partial charge in [-0.1, -0.05) is 17.7 Å². The maximum Gasteiger partial charge on any atom is 0.183 e. The van der Waals surface area contributed by atoms with Crippen molar-refractivity contribution in [2.24, 2.45) is 0 Å². The van der Waals surface area contributed by atoms with E-state index in [0.29, 0.717) is 12.1 Å². The predicted molar refractivity (Wildman–Crippen MR) is 84.5 cm³/mol. The third-order valence-corrected chi connectivity index (χ3v) is 4.47. The second-order valence-electron chi connectivity index (χ2n) is 5.58. The van der Waals surface area contributed by atoms with Crippen LogP contribution in [0.15, 0.2) is 23.6 Å². The quantitative estimate of drug-likeness (QED) is 0.926. The zero-order chi connectivity index (χ0) is 14.1. The van der Waals surface area contributed by atoms with Crippen LogP contribution in [0.3, 0.4) is 0 Å². The molecule has 1 fully saturated rings. The van der Waals surface area contributed by atoms with Crippen LogP contribution in [-0.4, -0.2) is 23.7 Å². The van der Waals surface area contributed by atoms with Crippen molar-refractivity contribution in [1.29, 1.82) is 0 Å². The Morgan fingerprint density at radius 2 is 2.20 bits per heavy atom. The monoisotopic (exact) mass is 288 g/mol. The molecule has 0 saturated carbocycles. The lowest BCUT2D eigenvalue weighted by Gasteiger charge is -2.08.